The lowest BCUT2D eigenvalue weighted by Crippen LogP contribution is -2.41. The number of hydrogen-bond acceptors (Lipinski definition) is 3. The van der Waals surface area contributed by atoms with Crippen LogP contribution in [0.4, 0.5) is 0 Å². The number of rotatable bonds is 5. The van der Waals surface area contributed by atoms with Crippen molar-refractivity contribution in [2.24, 2.45) is 11.7 Å². The van der Waals surface area contributed by atoms with Crippen LogP contribution in [-0.2, 0) is 4.79 Å². The summed E-state index contributed by atoms with van der Waals surface area (Å²) in [6.07, 6.45) is 3.14. The Morgan fingerprint density at radius 1 is 1.40 bits per heavy atom. The Morgan fingerprint density at radius 2 is 2.15 bits per heavy atom. The molecule has 2 N–H and O–H groups in total. The van der Waals surface area contributed by atoms with Crippen LogP contribution in [0.1, 0.15) is 19.3 Å². The molecular formula is C15H21ClN2O2. The average molecular weight is 297 g/mol. The second kappa shape index (κ2) is 7.50. The number of nitrogens with zero attached hydrogens (tertiary/aromatic N) is 1. The Hall–Kier alpha value is -1.26. The van der Waals surface area contributed by atoms with E-state index in [0.29, 0.717) is 16.7 Å². The molecule has 1 aliphatic heterocycles. The zero-order valence-corrected chi connectivity index (χ0v) is 12.3. The molecule has 0 saturated carbocycles. The summed E-state index contributed by atoms with van der Waals surface area (Å²) in [4.78, 5) is 13.9. The first kappa shape index (κ1) is 15.1. The van der Waals surface area contributed by atoms with Crippen molar-refractivity contribution in [2.45, 2.75) is 19.3 Å². The van der Waals surface area contributed by atoms with Crippen molar-refractivity contribution in [3.8, 4) is 5.75 Å². The van der Waals surface area contributed by atoms with Gasteiger partial charge in [-0.1, -0.05) is 17.7 Å². The Labute approximate surface area is 124 Å². The van der Waals surface area contributed by atoms with Gasteiger partial charge in [-0.2, -0.15) is 0 Å². The maximum Gasteiger partial charge on any atom is 0.260 e. The first-order chi connectivity index (χ1) is 9.69. The van der Waals surface area contributed by atoms with Crippen LogP contribution in [0, 0.1) is 5.92 Å². The third-order valence-corrected chi connectivity index (χ3v) is 3.94. The predicted octanol–water partition coefficient (Wildman–Crippen LogP) is 2.31. The molecule has 1 amide bonds. The first-order valence-corrected chi connectivity index (χ1v) is 7.43. The number of carbonyl (C=O) groups excluding carboxylic acids is 1. The molecule has 1 aromatic carbocycles. The summed E-state index contributed by atoms with van der Waals surface area (Å²) in [6.45, 7) is 2.42. The van der Waals surface area contributed by atoms with Gasteiger partial charge in [0.25, 0.3) is 5.91 Å². The number of benzene rings is 1. The Bertz CT molecular complexity index is 445. The molecule has 0 radical (unpaired) electrons. The van der Waals surface area contributed by atoms with Gasteiger partial charge in [0.1, 0.15) is 5.75 Å². The van der Waals surface area contributed by atoms with E-state index >= 15 is 0 Å². The molecule has 2 rings (SSSR count). The lowest BCUT2D eigenvalue weighted by atomic mass is 9.94. The van der Waals surface area contributed by atoms with Crippen molar-refractivity contribution in [3.63, 3.8) is 0 Å². The average Bonchev–Trinajstić information content (AvgIpc) is 2.46. The van der Waals surface area contributed by atoms with Crippen molar-refractivity contribution >= 4 is 17.5 Å². The molecule has 1 aliphatic rings. The Balaban J connectivity index is 1.76. The van der Waals surface area contributed by atoms with Gasteiger partial charge >= 0.3 is 0 Å². The topological polar surface area (TPSA) is 55.6 Å². The summed E-state index contributed by atoms with van der Waals surface area (Å²) in [7, 11) is 0. The van der Waals surface area contributed by atoms with Crippen LogP contribution in [0.3, 0.4) is 0 Å². The molecule has 20 heavy (non-hydrogen) atoms. The van der Waals surface area contributed by atoms with E-state index in [-0.39, 0.29) is 12.5 Å². The van der Waals surface area contributed by atoms with Crippen LogP contribution in [0.2, 0.25) is 5.02 Å². The Kier molecular flexibility index (Phi) is 5.68. The van der Waals surface area contributed by atoms with Crippen molar-refractivity contribution < 1.29 is 9.53 Å². The summed E-state index contributed by atoms with van der Waals surface area (Å²) in [5, 5.41) is 0.609. The van der Waals surface area contributed by atoms with Gasteiger partial charge in [0.05, 0.1) is 0 Å². The fourth-order valence-corrected chi connectivity index (χ4v) is 2.68. The quantitative estimate of drug-likeness (QED) is 0.907. The summed E-state index contributed by atoms with van der Waals surface area (Å²) >= 11 is 5.87. The van der Waals surface area contributed by atoms with E-state index in [4.69, 9.17) is 22.1 Å². The monoisotopic (exact) mass is 296 g/mol. The van der Waals surface area contributed by atoms with E-state index in [1.54, 1.807) is 24.3 Å². The van der Waals surface area contributed by atoms with Gasteiger partial charge in [-0.25, -0.2) is 0 Å². The molecule has 0 atom stereocenters. The largest absolute Gasteiger partial charge is 0.484 e. The predicted molar refractivity (Wildman–Crippen MR) is 79.9 cm³/mol. The molecule has 5 heteroatoms. The van der Waals surface area contributed by atoms with Gasteiger partial charge in [0.2, 0.25) is 0 Å². The lowest BCUT2D eigenvalue weighted by Gasteiger charge is -2.31. The zero-order valence-electron chi connectivity index (χ0n) is 11.6. The highest BCUT2D eigenvalue weighted by Gasteiger charge is 2.22. The number of ether oxygens (including phenoxy) is 1. The number of amides is 1. The molecular weight excluding hydrogens is 276 g/mol. The SMILES string of the molecule is NCCC1CCN(C(=O)COc2cccc(Cl)c2)CC1. The molecule has 0 bridgehead atoms. The third kappa shape index (κ3) is 4.39. The minimum atomic E-state index is 0.0381. The van der Waals surface area contributed by atoms with Crippen LogP contribution in [0.25, 0.3) is 0 Å². The standard InChI is InChI=1S/C15H21ClN2O2/c16-13-2-1-3-14(10-13)20-11-15(19)18-8-5-12(4-7-17)6-9-18/h1-3,10,12H,4-9,11,17H2. The smallest absolute Gasteiger partial charge is 0.260 e. The highest BCUT2D eigenvalue weighted by molar-refractivity contribution is 6.30. The number of likely N-dealkylation sites (tertiary alicyclic amines) is 1. The summed E-state index contributed by atoms with van der Waals surface area (Å²) in [6, 6.07) is 7.09. The van der Waals surface area contributed by atoms with Crippen molar-refractivity contribution in [3.05, 3.63) is 29.3 Å². The van der Waals surface area contributed by atoms with Gasteiger partial charge in [-0.05, 0) is 49.9 Å². The fraction of sp³-hybridized carbons (Fsp3) is 0.533. The first-order valence-electron chi connectivity index (χ1n) is 7.05. The van der Waals surface area contributed by atoms with Gasteiger partial charge in [0, 0.05) is 18.1 Å². The number of nitrogens with two attached hydrogens (primary N) is 1. The van der Waals surface area contributed by atoms with Crippen LogP contribution in [-0.4, -0.2) is 37.0 Å². The summed E-state index contributed by atoms with van der Waals surface area (Å²) in [5.41, 5.74) is 5.57. The highest BCUT2D eigenvalue weighted by Crippen LogP contribution is 2.20. The lowest BCUT2D eigenvalue weighted by molar-refractivity contribution is -0.134. The summed E-state index contributed by atoms with van der Waals surface area (Å²) in [5.74, 6) is 1.33. The minimum absolute atomic E-state index is 0.0381. The van der Waals surface area contributed by atoms with Crippen LogP contribution in [0.5, 0.6) is 5.75 Å². The number of carbonyl (C=O) groups is 1. The van der Waals surface area contributed by atoms with Crippen LogP contribution < -0.4 is 10.5 Å². The van der Waals surface area contributed by atoms with Gasteiger partial charge in [0.15, 0.2) is 6.61 Å². The molecule has 1 aromatic rings. The van der Waals surface area contributed by atoms with Crippen molar-refractivity contribution in [2.75, 3.05) is 26.2 Å². The van der Waals surface area contributed by atoms with Crippen LogP contribution >= 0.6 is 11.6 Å². The third-order valence-electron chi connectivity index (χ3n) is 3.70. The molecule has 1 fully saturated rings. The van der Waals surface area contributed by atoms with E-state index in [2.05, 4.69) is 0 Å². The minimum Gasteiger partial charge on any atom is -0.484 e. The normalized spacial score (nSPS) is 16.2. The van der Waals surface area contributed by atoms with Crippen molar-refractivity contribution in [1.29, 1.82) is 0 Å². The maximum absolute atomic E-state index is 12.1. The van der Waals surface area contributed by atoms with E-state index < -0.39 is 0 Å². The summed E-state index contributed by atoms with van der Waals surface area (Å²) < 4.78 is 5.48. The molecule has 110 valence electrons. The van der Waals surface area contributed by atoms with E-state index in [9.17, 15) is 4.79 Å². The van der Waals surface area contributed by atoms with Gasteiger partial charge in [-0.3, -0.25) is 4.79 Å². The molecule has 0 unspecified atom stereocenters. The Morgan fingerprint density at radius 3 is 2.80 bits per heavy atom. The number of halogens is 1. The highest BCUT2D eigenvalue weighted by atomic mass is 35.5. The van der Waals surface area contributed by atoms with Gasteiger partial charge < -0.3 is 15.4 Å². The van der Waals surface area contributed by atoms with E-state index in [1.807, 2.05) is 4.90 Å². The molecule has 0 aliphatic carbocycles. The zero-order chi connectivity index (χ0) is 14.4. The maximum atomic E-state index is 12.1. The molecule has 0 spiro atoms. The van der Waals surface area contributed by atoms with Crippen LogP contribution in [0.15, 0.2) is 24.3 Å². The molecule has 0 aromatic heterocycles. The number of hydrogen-bond donors (Lipinski definition) is 1. The van der Waals surface area contributed by atoms with E-state index in [1.165, 1.54) is 0 Å². The second-order valence-corrected chi connectivity index (χ2v) is 5.58. The fourth-order valence-electron chi connectivity index (χ4n) is 2.50. The number of piperidine rings is 1. The second-order valence-electron chi connectivity index (χ2n) is 5.15. The van der Waals surface area contributed by atoms with Crippen molar-refractivity contribution in [1.82, 2.24) is 4.90 Å². The molecule has 4 nitrogen and oxygen atoms in total. The molecule has 1 saturated heterocycles. The van der Waals surface area contributed by atoms with Gasteiger partial charge in [-0.15, -0.1) is 0 Å². The molecule has 1 heterocycles. The van der Waals surface area contributed by atoms with E-state index in [0.717, 1.165) is 38.9 Å².